The first kappa shape index (κ1) is 12.0. The number of hydrogen-bond acceptors (Lipinski definition) is 2. The third kappa shape index (κ3) is 4.43. The van der Waals surface area contributed by atoms with Crippen LogP contribution < -0.4 is 5.32 Å². The normalized spacial score (nSPS) is 24.0. The van der Waals surface area contributed by atoms with Crippen LogP contribution in [0.4, 0.5) is 0 Å². The van der Waals surface area contributed by atoms with Crippen LogP contribution in [0.3, 0.4) is 0 Å². The summed E-state index contributed by atoms with van der Waals surface area (Å²) in [6.45, 7) is 6.53. The first-order valence-electron chi connectivity index (χ1n) is 6.21. The molecule has 1 fully saturated rings. The molecular formula is C12H25NO. The average molecular weight is 199 g/mol. The van der Waals surface area contributed by atoms with E-state index in [1.165, 1.54) is 38.5 Å². The van der Waals surface area contributed by atoms with E-state index in [-0.39, 0.29) is 0 Å². The third-order valence-corrected chi connectivity index (χ3v) is 2.99. The molecule has 1 rings (SSSR count). The Balaban J connectivity index is 2.10. The Morgan fingerprint density at radius 2 is 2.21 bits per heavy atom. The highest BCUT2D eigenvalue weighted by atomic mass is 16.5. The molecule has 0 spiro atoms. The maximum atomic E-state index is 5.63. The van der Waals surface area contributed by atoms with Gasteiger partial charge in [0.1, 0.15) is 0 Å². The molecule has 2 unspecified atom stereocenters. The van der Waals surface area contributed by atoms with Crippen molar-refractivity contribution in [1.29, 1.82) is 0 Å². The van der Waals surface area contributed by atoms with Crippen LogP contribution in [0.1, 0.15) is 52.4 Å². The van der Waals surface area contributed by atoms with Crippen LogP contribution in [0.15, 0.2) is 0 Å². The Kier molecular flexibility index (Phi) is 6.20. The van der Waals surface area contributed by atoms with Crippen molar-refractivity contribution in [2.45, 2.75) is 64.5 Å². The average Bonchev–Trinajstić information content (AvgIpc) is 2.67. The zero-order valence-electron chi connectivity index (χ0n) is 9.72. The second-order valence-corrected chi connectivity index (χ2v) is 4.26. The van der Waals surface area contributed by atoms with Gasteiger partial charge in [0, 0.05) is 12.6 Å². The summed E-state index contributed by atoms with van der Waals surface area (Å²) in [6.07, 6.45) is 8.23. The quantitative estimate of drug-likeness (QED) is 0.680. The monoisotopic (exact) mass is 199 g/mol. The minimum Gasteiger partial charge on any atom is -0.378 e. The van der Waals surface area contributed by atoms with Crippen molar-refractivity contribution >= 4 is 0 Å². The molecule has 0 aromatic heterocycles. The largest absolute Gasteiger partial charge is 0.378 e. The van der Waals surface area contributed by atoms with Gasteiger partial charge in [-0.15, -0.1) is 0 Å². The highest BCUT2D eigenvalue weighted by molar-refractivity contribution is 4.71. The second-order valence-electron chi connectivity index (χ2n) is 4.26. The van der Waals surface area contributed by atoms with Crippen LogP contribution in [-0.2, 0) is 4.74 Å². The summed E-state index contributed by atoms with van der Waals surface area (Å²) < 4.78 is 5.63. The molecule has 1 saturated heterocycles. The van der Waals surface area contributed by atoms with Crippen molar-refractivity contribution in [3.63, 3.8) is 0 Å². The summed E-state index contributed by atoms with van der Waals surface area (Å²) in [5.74, 6) is 0. The van der Waals surface area contributed by atoms with E-state index in [9.17, 15) is 0 Å². The molecule has 2 nitrogen and oxygen atoms in total. The van der Waals surface area contributed by atoms with E-state index in [1.54, 1.807) is 0 Å². The first-order valence-corrected chi connectivity index (χ1v) is 6.21. The second kappa shape index (κ2) is 7.24. The minimum atomic E-state index is 0.563. The molecule has 1 N–H and O–H groups in total. The fourth-order valence-electron chi connectivity index (χ4n) is 2.24. The topological polar surface area (TPSA) is 21.3 Å². The lowest BCUT2D eigenvalue weighted by Gasteiger charge is -2.18. The van der Waals surface area contributed by atoms with Crippen molar-refractivity contribution in [2.75, 3.05) is 13.2 Å². The lowest BCUT2D eigenvalue weighted by molar-refractivity contribution is 0.0993. The van der Waals surface area contributed by atoms with Crippen LogP contribution in [0, 0.1) is 0 Å². The van der Waals surface area contributed by atoms with Crippen molar-refractivity contribution in [3.8, 4) is 0 Å². The summed E-state index contributed by atoms with van der Waals surface area (Å²) in [5.41, 5.74) is 0. The van der Waals surface area contributed by atoms with E-state index in [4.69, 9.17) is 4.74 Å². The molecule has 1 heterocycles. The lowest BCUT2D eigenvalue weighted by atomic mass is 10.0. The molecule has 0 aromatic carbocycles. The van der Waals surface area contributed by atoms with Crippen LogP contribution >= 0.6 is 0 Å². The molecule has 2 heteroatoms. The summed E-state index contributed by atoms with van der Waals surface area (Å²) >= 11 is 0. The van der Waals surface area contributed by atoms with Crippen molar-refractivity contribution in [1.82, 2.24) is 5.32 Å². The van der Waals surface area contributed by atoms with Gasteiger partial charge in [-0.3, -0.25) is 0 Å². The molecule has 0 aromatic rings. The fourth-order valence-corrected chi connectivity index (χ4v) is 2.24. The van der Waals surface area contributed by atoms with Crippen LogP contribution in [0.2, 0.25) is 0 Å². The predicted octanol–water partition coefficient (Wildman–Crippen LogP) is 2.72. The summed E-state index contributed by atoms with van der Waals surface area (Å²) in [4.78, 5) is 0. The highest BCUT2D eigenvalue weighted by Crippen LogP contribution is 2.18. The van der Waals surface area contributed by atoms with Gasteiger partial charge in [-0.2, -0.15) is 0 Å². The fraction of sp³-hybridized carbons (Fsp3) is 1.00. The maximum absolute atomic E-state index is 5.63. The molecular weight excluding hydrogens is 174 g/mol. The van der Waals surface area contributed by atoms with Crippen molar-refractivity contribution < 1.29 is 4.74 Å². The van der Waals surface area contributed by atoms with Gasteiger partial charge in [-0.1, -0.05) is 20.3 Å². The van der Waals surface area contributed by atoms with Crippen molar-refractivity contribution in [3.05, 3.63) is 0 Å². The smallest absolute Gasteiger partial charge is 0.0576 e. The molecule has 84 valence electrons. The Morgan fingerprint density at radius 3 is 2.79 bits per heavy atom. The van der Waals surface area contributed by atoms with E-state index >= 15 is 0 Å². The molecule has 1 aliphatic heterocycles. The Morgan fingerprint density at radius 1 is 1.36 bits per heavy atom. The van der Waals surface area contributed by atoms with E-state index in [2.05, 4.69) is 19.2 Å². The number of nitrogens with one attached hydrogen (secondary N) is 1. The third-order valence-electron chi connectivity index (χ3n) is 2.99. The van der Waals surface area contributed by atoms with Gasteiger partial charge in [0.2, 0.25) is 0 Å². The molecule has 2 atom stereocenters. The van der Waals surface area contributed by atoms with Gasteiger partial charge in [-0.25, -0.2) is 0 Å². The van der Waals surface area contributed by atoms with E-state index < -0.39 is 0 Å². The number of ether oxygens (including phenoxy) is 1. The molecule has 1 aliphatic rings. The maximum Gasteiger partial charge on any atom is 0.0576 e. The number of rotatable bonds is 7. The molecule has 0 bridgehead atoms. The molecule has 14 heavy (non-hydrogen) atoms. The Labute approximate surface area is 88.4 Å². The Bertz CT molecular complexity index is 126. The lowest BCUT2D eigenvalue weighted by Crippen LogP contribution is -2.29. The van der Waals surface area contributed by atoms with E-state index in [0.29, 0.717) is 12.1 Å². The van der Waals surface area contributed by atoms with Gasteiger partial charge in [0.05, 0.1) is 6.10 Å². The highest BCUT2D eigenvalue weighted by Gasteiger charge is 2.16. The predicted molar refractivity (Wildman–Crippen MR) is 60.6 cm³/mol. The van der Waals surface area contributed by atoms with E-state index in [1.807, 2.05) is 0 Å². The van der Waals surface area contributed by atoms with E-state index in [0.717, 1.165) is 13.2 Å². The molecule has 0 amide bonds. The molecule has 0 saturated carbocycles. The van der Waals surface area contributed by atoms with Gasteiger partial charge in [-0.05, 0) is 38.6 Å². The van der Waals surface area contributed by atoms with Gasteiger partial charge < -0.3 is 10.1 Å². The molecule has 0 radical (unpaired) electrons. The van der Waals surface area contributed by atoms with Gasteiger partial charge in [0.25, 0.3) is 0 Å². The summed E-state index contributed by atoms with van der Waals surface area (Å²) in [5, 5.41) is 3.55. The standard InChI is InChI=1S/C12H25NO/c1-3-6-11(13-4-2)8-9-12-7-5-10-14-12/h11-13H,3-10H2,1-2H3. The molecule has 0 aliphatic carbocycles. The van der Waals surface area contributed by atoms with Gasteiger partial charge in [0.15, 0.2) is 0 Å². The van der Waals surface area contributed by atoms with Crippen molar-refractivity contribution in [2.24, 2.45) is 0 Å². The number of hydrogen-bond donors (Lipinski definition) is 1. The zero-order valence-corrected chi connectivity index (χ0v) is 9.72. The summed E-state index contributed by atoms with van der Waals surface area (Å²) in [6, 6.07) is 0.717. The first-order chi connectivity index (χ1) is 6.86. The van der Waals surface area contributed by atoms with Crippen LogP contribution in [-0.4, -0.2) is 25.3 Å². The summed E-state index contributed by atoms with van der Waals surface area (Å²) in [7, 11) is 0. The van der Waals surface area contributed by atoms with Crippen LogP contribution in [0.25, 0.3) is 0 Å². The SMILES string of the molecule is CCCC(CCC1CCCO1)NCC. The van der Waals surface area contributed by atoms with Crippen LogP contribution in [0.5, 0.6) is 0 Å². The zero-order chi connectivity index (χ0) is 10.2. The van der Waals surface area contributed by atoms with Gasteiger partial charge >= 0.3 is 0 Å². The Hall–Kier alpha value is -0.0800. The minimum absolute atomic E-state index is 0.563.